The van der Waals surface area contributed by atoms with Crippen LogP contribution < -0.4 is 5.32 Å². The molecule has 2 aromatic rings. The van der Waals surface area contributed by atoms with E-state index in [1.54, 1.807) is 13.0 Å². The molecule has 0 saturated carbocycles. The second-order valence-corrected chi connectivity index (χ2v) is 7.15. The van der Waals surface area contributed by atoms with Crippen molar-refractivity contribution in [3.8, 4) is 0 Å². The van der Waals surface area contributed by atoms with Crippen LogP contribution in [0, 0.1) is 10.1 Å². The van der Waals surface area contributed by atoms with Gasteiger partial charge < -0.3 is 14.8 Å². The molecular formula is C20H18N2O6S. The number of nitrogens with zero attached hydrogens (tertiary/aromatic N) is 1. The van der Waals surface area contributed by atoms with Gasteiger partial charge in [0, 0.05) is 17.8 Å². The molecule has 1 atom stereocenters. The van der Waals surface area contributed by atoms with E-state index >= 15 is 0 Å². The van der Waals surface area contributed by atoms with E-state index < -0.39 is 22.8 Å². The van der Waals surface area contributed by atoms with E-state index in [0.717, 1.165) is 4.88 Å². The Balaban J connectivity index is 2.32. The minimum atomic E-state index is -0.895. The highest BCUT2D eigenvalue weighted by atomic mass is 32.1. The lowest BCUT2D eigenvalue weighted by Crippen LogP contribution is -2.32. The number of esters is 2. The summed E-state index contributed by atoms with van der Waals surface area (Å²) >= 11 is 1.41. The summed E-state index contributed by atoms with van der Waals surface area (Å²) in [5, 5.41) is 16.3. The minimum Gasteiger partial charge on any atom is -0.466 e. The molecule has 1 unspecified atom stereocenters. The van der Waals surface area contributed by atoms with Crippen LogP contribution in [-0.2, 0) is 19.1 Å². The number of nitro benzene ring substituents is 1. The zero-order valence-electron chi connectivity index (χ0n) is 15.9. The van der Waals surface area contributed by atoms with E-state index in [0.29, 0.717) is 17.0 Å². The van der Waals surface area contributed by atoms with Crippen molar-refractivity contribution in [3.63, 3.8) is 0 Å². The molecule has 29 heavy (non-hydrogen) atoms. The fourth-order valence-corrected chi connectivity index (χ4v) is 4.04. The molecule has 1 aliphatic rings. The number of carbonyl (C=O) groups excluding carboxylic acids is 2. The third-order valence-electron chi connectivity index (χ3n) is 4.56. The Morgan fingerprint density at radius 2 is 1.79 bits per heavy atom. The molecule has 0 amide bonds. The van der Waals surface area contributed by atoms with E-state index in [2.05, 4.69) is 5.32 Å². The summed E-state index contributed by atoms with van der Waals surface area (Å²) in [4.78, 5) is 36.9. The van der Waals surface area contributed by atoms with Crippen molar-refractivity contribution in [2.45, 2.75) is 12.8 Å². The van der Waals surface area contributed by atoms with Gasteiger partial charge in [-0.25, -0.2) is 9.59 Å². The summed E-state index contributed by atoms with van der Waals surface area (Å²) in [5.41, 5.74) is 1.62. The molecule has 2 heterocycles. The van der Waals surface area contributed by atoms with Gasteiger partial charge >= 0.3 is 11.9 Å². The first kappa shape index (κ1) is 20.3. The maximum atomic E-state index is 12.8. The lowest BCUT2D eigenvalue weighted by atomic mass is 9.80. The largest absolute Gasteiger partial charge is 0.466 e. The third-order valence-corrected chi connectivity index (χ3v) is 5.44. The van der Waals surface area contributed by atoms with Gasteiger partial charge in [-0.05, 0) is 23.9 Å². The van der Waals surface area contributed by atoms with Gasteiger partial charge in [0.15, 0.2) is 0 Å². The molecule has 0 spiro atoms. The Morgan fingerprint density at radius 3 is 2.38 bits per heavy atom. The third kappa shape index (κ3) is 3.77. The van der Waals surface area contributed by atoms with Crippen molar-refractivity contribution in [2.24, 2.45) is 0 Å². The van der Waals surface area contributed by atoms with Crippen molar-refractivity contribution >= 4 is 34.7 Å². The molecule has 3 rings (SSSR count). The van der Waals surface area contributed by atoms with Crippen LogP contribution in [0.5, 0.6) is 0 Å². The van der Waals surface area contributed by atoms with Crippen LogP contribution in [-0.4, -0.2) is 31.1 Å². The van der Waals surface area contributed by atoms with Gasteiger partial charge in [0.2, 0.25) is 0 Å². The van der Waals surface area contributed by atoms with Gasteiger partial charge in [0.05, 0.1) is 46.8 Å². The molecule has 1 aliphatic heterocycles. The molecular weight excluding hydrogens is 396 g/mol. The maximum Gasteiger partial charge on any atom is 0.336 e. The van der Waals surface area contributed by atoms with Crippen LogP contribution in [0.4, 0.5) is 5.69 Å². The average molecular weight is 414 g/mol. The number of nitrogens with one attached hydrogen (secondary N) is 1. The Bertz CT molecular complexity index is 1040. The number of nitro groups is 1. The van der Waals surface area contributed by atoms with Crippen LogP contribution in [0.3, 0.4) is 0 Å². The fourth-order valence-electron chi connectivity index (χ4n) is 3.30. The average Bonchev–Trinajstić information content (AvgIpc) is 3.26. The van der Waals surface area contributed by atoms with Crippen LogP contribution in [0.25, 0.3) is 5.70 Å². The van der Waals surface area contributed by atoms with E-state index in [1.807, 2.05) is 17.5 Å². The molecule has 1 aromatic heterocycles. The highest BCUT2D eigenvalue weighted by Crippen LogP contribution is 2.43. The Kier molecular flexibility index (Phi) is 5.79. The maximum absolute atomic E-state index is 12.8. The molecule has 9 heteroatoms. The van der Waals surface area contributed by atoms with Crippen LogP contribution >= 0.6 is 11.3 Å². The summed E-state index contributed by atoms with van der Waals surface area (Å²) in [6.45, 7) is 1.69. The van der Waals surface area contributed by atoms with Crippen molar-refractivity contribution in [1.29, 1.82) is 0 Å². The zero-order valence-corrected chi connectivity index (χ0v) is 16.7. The van der Waals surface area contributed by atoms with E-state index in [4.69, 9.17) is 9.47 Å². The predicted molar refractivity (Wildman–Crippen MR) is 107 cm³/mol. The number of thiophene rings is 1. The Labute approximate surface area is 170 Å². The second-order valence-electron chi connectivity index (χ2n) is 6.20. The van der Waals surface area contributed by atoms with Crippen molar-refractivity contribution in [1.82, 2.24) is 5.32 Å². The van der Waals surface area contributed by atoms with E-state index in [9.17, 15) is 19.7 Å². The number of carbonyl (C=O) groups is 2. The molecule has 0 radical (unpaired) electrons. The number of rotatable bonds is 5. The standard InChI is InChI=1S/C20H18N2O6S/c1-11-15(19(23)27-2)16(12-6-4-7-13(10-12)22(25)26)17(20(24)28-3)18(21-11)14-8-5-9-29-14/h4-10,16,21H,1-3H3. The number of benzene rings is 1. The summed E-state index contributed by atoms with van der Waals surface area (Å²) in [5.74, 6) is -2.18. The fraction of sp³-hybridized carbons (Fsp3) is 0.200. The first-order valence-electron chi connectivity index (χ1n) is 8.55. The predicted octanol–water partition coefficient (Wildman–Crippen LogP) is 3.37. The van der Waals surface area contributed by atoms with Crippen LogP contribution in [0.1, 0.15) is 23.3 Å². The first-order chi connectivity index (χ1) is 13.9. The lowest BCUT2D eigenvalue weighted by molar-refractivity contribution is -0.384. The highest BCUT2D eigenvalue weighted by molar-refractivity contribution is 7.11. The summed E-state index contributed by atoms with van der Waals surface area (Å²) in [6.07, 6.45) is 0. The second kappa shape index (κ2) is 8.27. The van der Waals surface area contributed by atoms with Gasteiger partial charge in [-0.3, -0.25) is 10.1 Å². The van der Waals surface area contributed by atoms with Gasteiger partial charge in [0.25, 0.3) is 5.69 Å². The van der Waals surface area contributed by atoms with Gasteiger partial charge in [0.1, 0.15) is 0 Å². The number of allylic oxidation sites excluding steroid dienone is 1. The number of ether oxygens (including phenoxy) is 2. The van der Waals surface area contributed by atoms with Gasteiger partial charge in [-0.1, -0.05) is 18.2 Å². The Hall–Kier alpha value is -3.46. The molecule has 0 saturated heterocycles. The van der Waals surface area contributed by atoms with Crippen LogP contribution in [0.2, 0.25) is 0 Å². The molecule has 1 aromatic carbocycles. The molecule has 8 nitrogen and oxygen atoms in total. The topological polar surface area (TPSA) is 108 Å². The SMILES string of the molecule is COC(=O)C1=C(C)NC(c2cccs2)=C(C(=O)OC)C1c1cccc([N+](=O)[O-])c1. The number of non-ortho nitro benzene ring substituents is 1. The lowest BCUT2D eigenvalue weighted by Gasteiger charge is -2.30. The number of hydrogen-bond acceptors (Lipinski definition) is 8. The minimum absolute atomic E-state index is 0.148. The molecule has 0 aliphatic carbocycles. The summed E-state index contributed by atoms with van der Waals surface area (Å²) < 4.78 is 9.94. The normalized spacial score (nSPS) is 16.3. The first-order valence-corrected chi connectivity index (χ1v) is 9.43. The highest BCUT2D eigenvalue weighted by Gasteiger charge is 2.39. The van der Waals surface area contributed by atoms with Crippen molar-refractivity contribution < 1.29 is 24.0 Å². The summed E-state index contributed by atoms with van der Waals surface area (Å²) in [7, 11) is 2.48. The monoisotopic (exact) mass is 414 g/mol. The Morgan fingerprint density at radius 1 is 1.10 bits per heavy atom. The number of hydrogen-bond donors (Lipinski definition) is 1. The molecule has 1 N–H and O–H groups in total. The smallest absolute Gasteiger partial charge is 0.336 e. The van der Waals surface area contributed by atoms with Gasteiger partial charge in [-0.2, -0.15) is 0 Å². The quantitative estimate of drug-likeness (QED) is 0.454. The van der Waals surface area contributed by atoms with Crippen molar-refractivity contribution in [3.05, 3.63) is 79.2 Å². The van der Waals surface area contributed by atoms with Crippen LogP contribution in [0.15, 0.2) is 58.6 Å². The molecule has 0 bridgehead atoms. The van der Waals surface area contributed by atoms with E-state index in [1.165, 1.54) is 43.8 Å². The van der Waals surface area contributed by atoms with E-state index in [-0.39, 0.29) is 16.8 Å². The zero-order chi connectivity index (χ0) is 21.1. The molecule has 0 fully saturated rings. The number of dihydropyridines is 1. The van der Waals surface area contributed by atoms with Crippen molar-refractivity contribution in [2.75, 3.05) is 14.2 Å². The number of methoxy groups -OCH3 is 2. The molecule has 150 valence electrons. The summed E-state index contributed by atoms with van der Waals surface area (Å²) in [6, 6.07) is 9.51. The van der Waals surface area contributed by atoms with Gasteiger partial charge in [-0.15, -0.1) is 11.3 Å².